The molecule has 0 amide bonds. The van der Waals surface area contributed by atoms with Crippen LogP contribution in [0.3, 0.4) is 0 Å². The predicted octanol–water partition coefficient (Wildman–Crippen LogP) is 6.50. The summed E-state index contributed by atoms with van der Waals surface area (Å²) in [6.07, 6.45) is -4.78. The molecule has 6 heteroatoms. The molecule has 0 fully saturated rings. The largest absolute Gasteiger partial charge is 0.458 e. The molecule has 0 heterocycles. The number of hydrogen-bond acceptors (Lipinski definition) is 3. The highest BCUT2D eigenvalue weighted by Gasteiger charge is 2.35. The molecule has 0 N–H and O–H groups in total. The second-order valence-corrected chi connectivity index (χ2v) is 8.62. The minimum Gasteiger partial charge on any atom is -0.458 e. The van der Waals surface area contributed by atoms with Gasteiger partial charge in [-0.1, -0.05) is 78.9 Å². The molecule has 1 atom stereocenters. The van der Waals surface area contributed by atoms with Crippen molar-refractivity contribution < 1.29 is 22.7 Å². The molecule has 33 heavy (non-hydrogen) atoms. The minimum atomic E-state index is -4.54. The first-order chi connectivity index (χ1) is 15.5. The van der Waals surface area contributed by atoms with Gasteiger partial charge in [0.05, 0.1) is 11.3 Å². The van der Waals surface area contributed by atoms with Gasteiger partial charge in [0, 0.05) is 17.5 Å². The van der Waals surface area contributed by atoms with Crippen LogP contribution in [-0.4, -0.2) is 23.3 Å². The smallest absolute Gasteiger partial charge is 0.416 e. The fourth-order valence-corrected chi connectivity index (χ4v) is 3.40. The van der Waals surface area contributed by atoms with Gasteiger partial charge in [0.2, 0.25) is 0 Å². The van der Waals surface area contributed by atoms with Crippen LogP contribution in [0.15, 0.2) is 89.9 Å². The molecule has 0 spiro atoms. The van der Waals surface area contributed by atoms with Gasteiger partial charge in [-0.2, -0.15) is 13.2 Å². The van der Waals surface area contributed by atoms with Crippen LogP contribution in [0, 0.1) is 0 Å². The average molecular weight is 454 g/mol. The molecule has 0 saturated heterocycles. The molecule has 3 rings (SSSR count). The summed E-state index contributed by atoms with van der Waals surface area (Å²) in [7, 11) is 0. The summed E-state index contributed by atoms with van der Waals surface area (Å²) in [6.45, 7) is 5.14. The number of halogens is 3. The highest BCUT2D eigenvalue weighted by atomic mass is 19.4. The van der Waals surface area contributed by atoms with Gasteiger partial charge in [-0.25, -0.2) is 4.79 Å². The number of ether oxygens (including phenoxy) is 1. The minimum absolute atomic E-state index is 0.00918. The monoisotopic (exact) mass is 453 g/mol. The first-order valence-electron chi connectivity index (χ1n) is 10.6. The van der Waals surface area contributed by atoms with E-state index in [1.807, 2.05) is 60.7 Å². The normalized spacial score (nSPS) is 12.7. The van der Waals surface area contributed by atoms with Crippen LogP contribution in [0.2, 0.25) is 0 Å². The lowest BCUT2D eigenvalue weighted by Crippen LogP contribution is -2.33. The highest BCUT2D eigenvalue weighted by molar-refractivity contribution is 6.13. The molecular formula is C27H26F3NO2. The number of esters is 1. The maximum Gasteiger partial charge on any atom is 0.416 e. The van der Waals surface area contributed by atoms with Crippen LogP contribution < -0.4 is 0 Å². The molecule has 3 nitrogen and oxygen atoms in total. The molecule has 3 aromatic rings. The molecule has 0 aliphatic rings. The van der Waals surface area contributed by atoms with E-state index in [1.54, 1.807) is 20.8 Å². The number of benzene rings is 3. The molecule has 0 bridgehead atoms. The zero-order chi connectivity index (χ0) is 24.1. The van der Waals surface area contributed by atoms with E-state index in [2.05, 4.69) is 0 Å². The number of aliphatic imine (C=N–C) groups is 1. The third kappa shape index (κ3) is 6.78. The fraction of sp³-hybridized carbons (Fsp3) is 0.259. The Morgan fingerprint density at radius 1 is 0.818 bits per heavy atom. The molecular weight excluding hydrogens is 427 g/mol. The zero-order valence-electron chi connectivity index (χ0n) is 18.8. The Labute approximate surface area is 191 Å². The molecule has 172 valence electrons. The van der Waals surface area contributed by atoms with E-state index in [0.29, 0.717) is 5.71 Å². The van der Waals surface area contributed by atoms with E-state index in [9.17, 15) is 18.0 Å². The number of carbonyl (C=O) groups is 1. The van der Waals surface area contributed by atoms with Crippen molar-refractivity contribution in [3.05, 3.63) is 107 Å². The first-order valence-corrected chi connectivity index (χ1v) is 10.6. The lowest BCUT2D eigenvalue weighted by Gasteiger charge is -2.24. The number of carbonyl (C=O) groups excluding carboxylic acids is 1. The summed E-state index contributed by atoms with van der Waals surface area (Å²) >= 11 is 0. The van der Waals surface area contributed by atoms with E-state index in [4.69, 9.17) is 9.73 Å². The second kappa shape index (κ2) is 10.0. The van der Waals surface area contributed by atoms with Crippen LogP contribution in [0.4, 0.5) is 13.2 Å². The Morgan fingerprint density at radius 3 is 1.79 bits per heavy atom. The fourth-order valence-electron chi connectivity index (χ4n) is 3.40. The van der Waals surface area contributed by atoms with Gasteiger partial charge in [0.1, 0.15) is 5.60 Å². The third-order valence-corrected chi connectivity index (χ3v) is 4.79. The van der Waals surface area contributed by atoms with Crippen LogP contribution in [-0.2, 0) is 22.1 Å². The van der Waals surface area contributed by atoms with E-state index >= 15 is 0 Å². The molecule has 0 unspecified atom stereocenters. The van der Waals surface area contributed by atoms with Crippen LogP contribution in [0.5, 0.6) is 0 Å². The van der Waals surface area contributed by atoms with Crippen molar-refractivity contribution in [1.29, 1.82) is 0 Å². The van der Waals surface area contributed by atoms with Gasteiger partial charge in [-0.3, -0.25) is 4.99 Å². The van der Waals surface area contributed by atoms with Gasteiger partial charge < -0.3 is 4.74 Å². The lowest BCUT2D eigenvalue weighted by molar-refractivity contribution is -0.156. The van der Waals surface area contributed by atoms with Crippen molar-refractivity contribution in [2.45, 2.75) is 45.0 Å². The Morgan fingerprint density at radius 2 is 1.30 bits per heavy atom. The summed E-state index contributed by atoms with van der Waals surface area (Å²) in [5.74, 6) is -0.677. The zero-order valence-corrected chi connectivity index (χ0v) is 18.8. The third-order valence-electron chi connectivity index (χ3n) is 4.79. The maximum absolute atomic E-state index is 13.6. The average Bonchev–Trinajstić information content (AvgIpc) is 2.76. The maximum atomic E-state index is 13.6. The van der Waals surface area contributed by atoms with Gasteiger partial charge in [-0.05, 0) is 32.4 Å². The summed E-state index contributed by atoms with van der Waals surface area (Å²) in [5.41, 5.74) is 0.410. The number of hydrogen-bond donors (Lipinski definition) is 0. The van der Waals surface area contributed by atoms with Crippen LogP contribution >= 0.6 is 0 Å². The van der Waals surface area contributed by atoms with Gasteiger partial charge >= 0.3 is 12.1 Å². The quantitative estimate of drug-likeness (QED) is 0.316. The Balaban J connectivity index is 2.12. The van der Waals surface area contributed by atoms with Crippen molar-refractivity contribution in [3.63, 3.8) is 0 Å². The topological polar surface area (TPSA) is 38.7 Å². The van der Waals surface area contributed by atoms with Crippen molar-refractivity contribution >= 4 is 11.7 Å². The van der Waals surface area contributed by atoms with E-state index < -0.39 is 29.4 Å². The predicted molar refractivity (Wildman–Crippen MR) is 123 cm³/mol. The number of nitrogens with zero attached hydrogens (tertiary/aromatic N) is 1. The van der Waals surface area contributed by atoms with Crippen molar-refractivity contribution in [2.24, 2.45) is 4.99 Å². The van der Waals surface area contributed by atoms with Gasteiger partial charge in [0.25, 0.3) is 0 Å². The summed E-state index contributed by atoms with van der Waals surface area (Å²) in [4.78, 5) is 17.8. The number of rotatable bonds is 6. The Bertz CT molecular complexity index is 1060. The van der Waals surface area contributed by atoms with Gasteiger partial charge in [-0.15, -0.1) is 0 Å². The number of alkyl halides is 3. The van der Waals surface area contributed by atoms with E-state index in [1.165, 1.54) is 18.2 Å². The standard InChI is InChI=1S/C27H26F3NO2/c1-26(2,3)33-25(32)23(18-21-16-10-11-17-22(21)27(28,29)30)31-24(19-12-6-4-7-13-19)20-14-8-5-9-15-20/h4-17,23H,18H2,1-3H3/t23-/m1/s1. The van der Waals surface area contributed by atoms with Crippen LogP contribution in [0.1, 0.15) is 43.0 Å². The summed E-state index contributed by atoms with van der Waals surface area (Å²) in [6, 6.07) is 22.6. The molecule has 0 aromatic heterocycles. The first kappa shape index (κ1) is 24.2. The van der Waals surface area contributed by atoms with Gasteiger partial charge in [0.15, 0.2) is 6.04 Å². The van der Waals surface area contributed by atoms with E-state index in [-0.39, 0.29) is 12.0 Å². The molecule has 0 aliphatic heterocycles. The second-order valence-electron chi connectivity index (χ2n) is 8.62. The molecule has 0 radical (unpaired) electrons. The Kier molecular flexibility index (Phi) is 7.36. The van der Waals surface area contributed by atoms with Crippen LogP contribution in [0.25, 0.3) is 0 Å². The van der Waals surface area contributed by atoms with Crippen molar-refractivity contribution in [3.8, 4) is 0 Å². The molecule has 3 aromatic carbocycles. The summed E-state index contributed by atoms with van der Waals surface area (Å²) in [5, 5.41) is 0. The molecule has 0 saturated carbocycles. The highest BCUT2D eigenvalue weighted by Crippen LogP contribution is 2.33. The van der Waals surface area contributed by atoms with E-state index in [0.717, 1.165) is 17.2 Å². The lowest BCUT2D eigenvalue weighted by atomic mass is 9.98. The SMILES string of the molecule is CC(C)(C)OC(=O)[C@@H](Cc1ccccc1C(F)(F)F)N=C(c1ccccc1)c1ccccc1. The summed E-state index contributed by atoms with van der Waals surface area (Å²) < 4.78 is 46.4. The van der Waals surface area contributed by atoms with Crippen molar-refractivity contribution in [1.82, 2.24) is 0 Å². The Hall–Kier alpha value is -3.41. The van der Waals surface area contributed by atoms with Crippen molar-refractivity contribution in [2.75, 3.05) is 0 Å². The molecule has 0 aliphatic carbocycles.